The number of halogens is 1. The summed E-state index contributed by atoms with van der Waals surface area (Å²) in [5.74, 6) is -0.412. The molecule has 0 spiro atoms. The minimum absolute atomic E-state index is 0.0653. The molecular formula is C8H12FN. The van der Waals surface area contributed by atoms with Gasteiger partial charge in [0.15, 0.2) is 0 Å². The number of rotatable bonds is 3. The molecule has 0 saturated carbocycles. The first kappa shape index (κ1) is 9.08. The van der Waals surface area contributed by atoms with Gasteiger partial charge in [-0.15, -0.1) is 0 Å². The van der Waals surface area contributed by atoms with Gasteiger partial charge in [0.2, 0.25) is 0 Å². The van der Waals surface area contributed by atoms with Crippen LogP contribution in [0.15, 0.2) is 30.2 Å². The molecule has 0 aromatic carbocycles. The fraction of sp³-hybridized carbons (Fsp3) is 0.375. The summed E-state index contributed by atoms with van der Waals surface area (Å²) in [6.45, 7) is 10.2. The number of aliphatic imine (C=N–C) groups is 1. The van der Waals surface area contributed by atoms with Gasteiger partial charge in [-0.25, -0.2) is 4.39 Å². The van der Waals surface area contributed by atoms with Gasteiger partial charge in [0.05, 0.1) is 5.71 Å². The number of nitrogens with zero attached hydrogens (tertiary/aromatic N) is 1. The summed E-state index contributed by atoms with van der Waals surface area (Å²) in [6.07, 6.45) is 1.32. The molecule has 10 heavy (non-hydrogen) atoms. The summed E-state index contributed by atoms with van der Waals surface area (Å²) in [5.41, 5.74) is 0.370. The van der Waals surface area contributed by atoms with Crippen LogP contribution in [0.4, 0.5) is 4.39 Å². The number of hydrogen-bond donors (Lipinski definition) is 0. The van der Waals surface area contributed by atoms with Gasteiger partial charge >= 0.3 is 0 Å². The minimum Gasteiger partial charge on any atom is -0.259 e. The van der Waals surface area contributed by atoms with Crippen molar-refractivity contribution in [3.05, 3.63) is 25.2 Å². The van der Waals surface area contributed by atoms with Gasteiger partial charge in [0.25, 0.3) is 0 Å². The molecule has 0 aromatic rings. The van der Waals surface area contributed by atoms with Gasteiger partial charge < -0.3 is 0 Å². The summed E-state index contributed by atoms with van der Waals surface area (Å²) >= 11 is 0. The van der Waals surface area contributed by atoms with Crippen molar-refractivity contribution >= 4 is 5.71 Å². The van der Waals surface area contributed by atoms with Crippen LogP contribution in [0.1, 0.15) is 13.8 Å². The Morgan fingerprint density at radius 1 is 1.60 bits per heavy atom. The van der Waals surface area contributed by atoms with Gasteiger partial charge in [0.1, 0.15) is 5.83 Å². The second-order valence-corrected chi connectivity index (χ2v) is 2.26. The SMILES string of the molecule is C=CN=C(C(=C)F)C(C)C. The zero-order valence-electron chi connectivity index (χ0n) is 6.39. The van der Waals surface area contributed by atoms with Crippen LogP contribution in [0.25, 0.3) is 0 Å². The summed E-state index contributed by atoms with van der Waals surface area (Å²) in [6, 6.07) is 0. The molecular weight excluding hydrogens is 129 g/mol. The maximum absolute atomic E-state index is 12.4. The van der Waals surface area contributed by atoms with E-state index in [0.717, 1.165) is 0 Å². The second-order valence-electron chi connectivity index (χ2n) is 2.26. The number of hydrogen-bond acceptors (Lipinski definition) is 1. The molecule has 0 bridgehead atoms. The van der Waals surface area contributed by atoms with E-state index in [-0.39, 0.29) is 5.92 Å². The van der Waals surface area contributed by atoms with Crippen molar-refractivity contribution in [2.75, 3.05) is 0 Å². The summed E-state index contributed by atoms with van der Waals surface area (Å²) in [7, 11) is 0. The van der Waals surface area contributed by atoms with E-state index in [0.29, 0.717) is 5.71 Å². The third-order valence-electron chi connectivity index (χ3n) is 1.06. The van der Waals surface area contributed by atoms with Gasteiger partial charge in [-0.2, -0.15) is 0 Å². The third kappa shape index (κ3) is 2.58. The molecule has 0 unspecified atom stereocenters. The zero-order valence-corrected chi connectivity index (χ0v) is 6.39. The Balaban J connectivity index is 4.41. The van der Waals surface area contributed by atoms with E-state index in [1.54, 1.807) is 0 Å². The highest BCUT2D eigenvalue weighted by Gasteiger charge is 2.06. The third-order valence-corrected chi connectivity index (χ3v) is 1.06. The molecule has 0 radical (unpaired) electrons. The van der Waals surface area contributed by atoms with Gasteiger partial charge in [-0.1, -0.05) is 27.0 Å². The van der Waals surface area contributed by atoms with Crippen molar-refractivity contribution in [1.82, 2.24) is 0 Å². The Bertz CT molecular complexity index is 168. The maximum Gasteiger partial charge on any atom is 0.137 e. The molecule has 0 amide bonds. The highest BCUT2D eigenvalue weighted by atomic mass is 19.1. The molecule has 0 atom stereocenters. The topological polar surface area (TPSA) is 12.4 Å². The molecule has 0 aliphatic carbocycles. The van der Waals surface area contributed by atoms with E-state index in [1.807, 2.05) is 13.8 Å². The lowest BCUT2D eigenvalue weighted by Crippen LogP contribution is -2.06. The molecule has 0 fully saturated rings. The Labute approximate surface area is 61.0 Å². The number of allylic oxidation sites excluding steroid dienone is 1. The molecule has 0 N–H and O–H groups in total. The van der Waals surface area contributed by atoms with Gasteiger partial charge in [-0.3, -0.25) is 4.99 Å². The predicted molar refractivity (Wildman–Crippen MR) is 42.7 cm³/mol. The zero-order chi connectivity index (χ0) is 8.15. The highest BCUT2D eigenvalue weighted by Crippen LogP contribution is 2.07. The van der Waals surface area contributed by atoms with Crippen LogP contribution in [-0.2, 0) is 0 Å². The molecule has 2 heteroatoms. The first-order valence-corrected chi connectivity index (χ1v) is 3.13. The monoisotopic (exact) mass is 141 g/mol. The normalized spacial score (nSPS) is 11.8. The first-order valence-electron chi connectivity index (χ1n) is 3.13. The maximum atomic E-state index is 12.4. The van der Waals surface area contributed by atoms with Gasteiger partial charge in [0, 0.05) is 6.20 Å². The fourth-order valence-electron chi connectivity index (χ4n) is 0.631. The van der Waals surface area contributed by atoms with Crippen LogP contribution < -0.4 is 0 Å². The van der Waals surface area contributed by atoms with Crippen molar-refractivity contribution in [1.29, 1.82) is 0 Å². The van der Waals surface area contributed by atoms with Crippen LogP contribution in [-0.4, -0.2) is 5.71 Å². The Morgan fingerprint density at radius 3 is 2.20 bits per heavy atom. The van der Waals surface area contributed by atoms with E-state index >= 15 is 0 Å². The molecule has 0 aromatic heterocycles. The molecule has 0 heterocycles. The fourth-order valence-corrected chi connectivity index (χ4v) is 0.631. The van der Waals surface area contributed by atoms with Crippen LogP contribution in [0.3, 0.4) is 0 Å². The summed E-state index contributed by atoms with van der Waals surface area (Å²) in [5, 5.41) is 0. The average Bonchev–Trinajstić information content (AvgIpc) is 1.81. The van der Waals surface area contributed by atoms with Crippen molar-refractivity contribution in [3.8, 4) is 0 Å². The molecule has 0 rings (SSSR count). The lowest BCUT2D eigenvalue weighted by atomic mass is 10.1. The van der Waals surface area contributed by atoms with Crippen molar-refractivity contribution in [2.24, 2.45) is 10.9 Å². The molecule has 1 nitrogen and oxygen atoms in total. The van der Waals surface area contributed by atoms with Crippen LogP contribution in [0, 0.1) is 5.92 Å². The standard InChI is InChI=1S/C8H12FN/c1-5-10-8(6(2)3)7(4)9/h5-6H,1,4H2,2-3H3. The largest absolute Gasteiger partial charge is 0.259 e. The Morgan fingerprint density at radius 2 is 2.10 bits per heavy atom. The molecule has 0 aliphatic heterocycles. The Hall–Kier alpha value is -0.920. The predicted octanol–water partition coefficient (Wildman–Crippen LogP) is 2.71. The van der Waals surface area contributed by atoms with E-state index in [4.69, 9.17) is 0 Å². The van der Waals surface area contributed by atoms with E-state index in [2.05, 4.69) is 18.2 Å². The van der Waals surface area contributed by atoms with Gasteiger partial charge in [-0.05, 0) is 5.92 Å². The highest BCUT2D eigenvalue weighted by molar-refractivity contribution is 5.99. The van der Waals surface area contributed by atoms with Crippen LogP contribution in [0.5, 0.6) is 0 Å². The van der Waals surface area contributed by atoms with Crippen LogP contribution in [0.2, 0.25) is 0 Å². The second kappa shape index (κ2) is 3.99. The Kier molecular flexibility index (Phi) is 3.62. The van der Waals surface area contributed by atoms with E-state index in [9.17, 15) is 4.39 Å². The molecule has 0 saturated heterocycles. The summed E-state index contributed by atoms with van der Waals surface area (Å²) < 4.78 is 12.4. The quantitative estimate of drug-likeness (QED) is 0.536. The average molecular weight is 141 g/mol. The molecule has 0 aliphatic rings. The minimum atomic E-state index is -0.477. The van der Waals surface area contributed by atoms with Crippen LogP contribution >= 0.6 is 0 Å². The van der Waals surface area contributed by atoms with E-state index < -0.39 is 5.83 Å². The molecule has 56 valence electrons. The van der Waals surface area contributed by atoms with E-state index in [1.165, 1.54) is 6.20 Å². The smallest absolute Gasteiger partial charge is 0.137 e. The first-order chi connectivity index (χ1) is 4.59. The van der Waals surface area contributed by atoms with Crippen molar-refractivity contribution in [3.63, 3.8) is 0 Å². The van der Waals surface area contributed by atoms with Crippen molar-refractivity contribution in [2.45, 2.75) is 13.8 Å². The lowest BCUT2D eigenvalue weighted by Gasteiger charge is -2.03. The summed E-state index contributed by atoms with van der Waals surface area (Å²) in [4.78, 5) is 3.73. The van der Waals surface area contributed by atoms with Crippen molar-refractivity contribution < 1.29 is 4.39 Å². The lowest BCUT2D eigenvalue weighted by molar-refractivity contribution is 0.668.